The average Bonchev–Trinajstić information content (AvgIpc) is 2.78. The van der Waals surface area contributed by atoms with Crippen LogP contribution in [0.5, 0.6) is 0 Å². The molecule has 1 aromatic heterocycles. The van der Waals surface area contributed by atoms with E-state index in [0.29, 0.717) is 0 Å². The van der Waals surface area contributed by atoms with Gasteiger partial charge in [-0.3, -0.25) is 4.90 Å². The summed E-state index contributed by atoms with van der Waals surface area (Å²) < 4.78 is 5.66. The first-order valence-corrected chi connectivity index (χ1v) is 6.54. The maximum atomic E-state index is 9.70. The van der Waals surface area contributed by atoms with E-state index in [9.17, 15) is 5.11 Å². The van der Waals surface area contributed by atoms with Gasteiger partial charge < -0.3 is 9.52 Å². The third kappa shape index (κ3) is 2.16. The third-order valence-corrected chi connectivity index (χ3v) is 3.61. The highest BCUT2D eigenvalue weighted by molar-refractivity contribution is 5.84. The van der Waals surface area contributed by atoms with Gasteiger partial charge in [0.15, 0.2) is 0 Å². The van der Waals surface area contributed by atoms with Crippen molar-refractivity contribution in [3.8, 4) is 0 Å². The Morgan fingerprint density at radius 2 is 2.00 bits per heavy atom. The minimum absolute atomic E-state index is 0.00856. The number of aryl methyl sites for hydroxylation is 1. The van der Waals surface area contributed by atoms with Gasteiger partial charge in [-0.05, 0) is 25.6 Å². The standard InChI is InChI=1S/C15H21NO2/c1-4-16(5-2)14(9-17)13-8-6-7-12-11(3)10-18-15(12)13/h6-8,10,14,17H,4-5,9H2,1-3H3. The predicted molar refractivity (Wildman–Crippen MR) is 73.7 cm³/mol. The van der Waals surface area contributed by atoms with Gasteiger partial charge in [0, 0.05) is 10.9 Å². The molecule has 0 bridgehead atoms. The topological polar surface area (TPSA) is 36.6 Å². The van der Waals surface area contributed by atoms with Crippen molar-refractivity contribution < 1.29 is 9.52 Å². The summed E-state index contributed by atoms with van der Waals surface area (Å²) in [6.07, 6.45) is 1.78. The number of hydrogen-bond acceptors (Lipinski definition) is 3. The van der Waals surface area contributed by atoms with Gasteiger partial charge in [0.1, 0.15) is 5.58 Å². The van der Waals surface area contributed by atoms with E-state index in [1.165, 1.54) is 0 Å². The van der Waals surface area contributed by atoms with E-state index in [-0.39, 0.29) is 12.6 Å². The average molecular weight is 247 g/mol. The number of aliphatic hydroxyl groups excluding tert-OH is 1. The van der Waals surface area contributed by atoms with Crippen molar-refractivity contribution in [2.24, 2.45) is 0 Å². The fourth-order valence-corrected chi connectivity index (χ4v) is 2.55. The highest BCUT2D eigenvalue weighted by Crippen LogP contribution is 2.30. The summed E-state index contributed by atoms with van der Waals surface area (Å²) in [5.41, 5.74) is 3.12. The molecule has 0 saturated heterocycles. The molecule has 0 amide bonds. The maximum Gasteiger partial charge on any atom is 0.138 e. The molecule has 1 aromatic carbocycles. The zero-order valence-corrected chi connectivity index (χ0v) is 11.3. The zero-order chi connectivity index (χ0) is 13.1. The Balaban J connectivity index is 2.51. The summed E-state index contributed by atoms with van der Waals surface area (Å²) in [6, 6.07) is 6.15. The lowest BCUT2D eigenvalue weighted by molar-refractivity contribution is 0.134. The van der Waals surface area contributed by atoms with Gasteiger partial charge >= 0.3 is 0 Å². The Hall–Kier alpha value is -1.32. The van der Waals surface area contributed by atoms with Crippen LogP contribution in [0.2, 0.25) is 0 Å². The number of nitrogens with zero attached hydrogens (tertiary/aromatic N) is 1. The molecule has 0 spiro atoms. The van der Waals surface area contributed by atoms with E-state index < -0.39 is 0 Å². The third-order valence-electron chi connectivity index (χ3n) is 3.61. The summed E-state index contributed by atoms with van der Waals surface area (Å²) in [7, 11) is 0. The van der Waals surface area contributed by atoms with Crippen LogP contribution in [0.15, 0.2) is 28.9 Å². The molecule has 0 fully saturated rings. The second-order valence-corrected chi connectivity index (χ2v) is 4.56. The van der Waals surface area contributed by atoms with Crippen molar-refractivity contribution in [2.75, 3.05) is 19.7 Å². The largest absolute Gasteiger partial charge is 0.464 e. The van der Waals surface area contributed by atoms with Gasteiger partial charge in [-0.15, -0.1) is 0 Å². The molecule has 1 atom stereocenters. The Kier molecular flexibility index (Phi) is 4.04. The highest BCUT2D eigenvalue weighted by atomic mass is 16.3. The maximum absolute atomic E-state index is 9.70. The van der Waals surface area contributed by atoms with E-state index in [0.717, 1.165) is 35.2 Å². The first-order valence-electron chi connectivity index (χ1n) is 6.54. The van der Waals surface area contributed by atoms with Crippen molar-refractivity contribution in [3.05, 3.63) is 35.6 Å². The number of benzene rings is 1. The van der Waals surface area contributed by atoms with Crippen molar-refractivity contribution >= 4 is 11.0 Å². The van der Waals surface area contributed by atoms with Crippen molar-refractivity contribution in [1.29, 1.82) is 0 Å². The van der Waals surface area contributed by atoms with Crippen LogP contribution in [0.25, 0.3) is 11.0 Å². The normalized spacial score (nSPS) is 13.4. The fraction of sp³-hybridized carbons (Fsp3) is 0.467. The summed E-state index contributed by atoms with van der Waals surface area (Å²) in [4.78, 5) is 2.24. The minimum atomic E-state index is 0.00856. The molecule has 0 saturated carbocycles. The van der Waals surface area contributed by atoms with E-state index in [2.05, 4.69) is 24.8 Å². The number of rotatable bonds is 5. The van der Waals surface area contributed by atoms with Crippen molar-refractivity contribution in [2.45, 2.75) is 26.8 Å². The van der Waals surface area contributed by atoms with E-state index in [4.69, 9.17) is 4.42 Å². The molecule has 98 valence electrons. The smallest absolute Gasteiger partial charge is 0.138 e. The summed E-state index contributed by atoms with van der Waals surface area (Å²) >= 11 is 0. The SMILES string of the molecule is CCN(CC)C(CO)c1cccc2c(C)coc12. The van der Waals surface area contributed by atoms with E-state index in [1.807, 2.05) is 19.1 Å². The first-order chi connectivity index (χ1) is 8.72. The van der Waals surface area contributed by atoms with E-state index in [1.54, 1.807) is 6.26 Å². The number of hydrogen-bond donors (Lipinski definition) is 1. The van der Waals surface area contributed by atoms with Gasteiger partial charge in [0.25, 0.3) is 0 Å². The van der Waals surface area contributed by atoms with Gasteiger partial charge in [0.05, 0.1) is 18.9 Å². The summed E-state index contributed by atoms with van der Waals surface area (Å²) in [5.74, 6) is 0. The van der Waals surface area contributed by atoms with Gasteiger partial charge in [-0.25, -0.2) is 0 Å². The summed E-state index contributed by atoms with van der Waals surface area (Å²) in [5, 5.41) is 10.8. The lowest BCUT2D eigenvalue weighted by Crippen LogP contribution is -2.30. The van der Waals surface area contributed by atoms with Crippen LogP contribution in [0.4, 0.5) is 0 Å². The van der Waals surface area contributed by atoms with Crippen LogP contribution < -0.4 is 0 Å². The number of para-hydroxylation sites is 1. The first kappa shape index (κ1) is 13.1. The molecule has 18 heavy (non-hydrogen) atoms. The number of likely N-dealkylation sites (N-methyl/N-ethyl adjacent to an activating group) is 1. The number of fused-ring (bicyclic) bond motifs is 1. The van der Waals surface area contributed by atoms with Crippen LogP contribution in [0.1, 0.15) is 31.0 Å². The molecule has 0 aliphatic rings. The molecule has 1 heterocycles. The van der Waals surface area contributed by atoms with Crippen LogP contribution in [0, 0.1) is 6.92 Å². The van der Waals surface area contributed by atoms with Gasteiger partial charge in [-0.2, -0.15) is 0 Å². The predicted octanol–water partition coefficient (Wildman–Crippen LogP) is 3.12. The molecule has 2 aromatic rings. The molecule has 1 N–H and O–H groups in total. The molecule has 1 unspecified atom stereocenters. The van der Waals surface area contributed by atoms with Crippen LogP contribution in [-0.2, 0) is 0 Å². The Bertz CT molecular complexity index is 514. The van der Waals surface area contributed by atoms with Crippen molar-refractivity contribution in [3.63, 3.8) is 0 Å². The molecule has 0 radical (unpaired) electrons. The van der Waals surface area contributed by atoms with Crippen molar-refractivity contribution in [1.82, 2.24) is 4.90 Å². The lowest BCUT2D eigenvalue weighted by atomic mass is 10.0. The zero-order valence-electron chi connectivity index (χ0n) is 11.3. The Morgan fingerprint density at radius 1 is 1.28 bits per heavy atom. The molecule has 3 heteroatoms. The molecular weight excluding hydrogens is 226 g/mol. The summed E-state index contributed by atoms with van der Waals surface area (Å²) in [6.45, 7) is 8.20. The Morgan fingerprint density at radius 3 is 2.61 bits per heavy atom. The second kappa shape index (κ2) is 5.55. The van der Waals surface area contributed by atoms with Crippen LogP contribution in [0.3, 0.4) is 0 Å². The van der Waals surface area contributed by atoms with Gasteiger partial charge in [0.2, 0.25) is 0 Å². The van der Waals surface area contributed by atoms with E-state index >= 15 is 0 Å². The molecule has 3 nitrogen and oxygen atoms in total. The quantitative estimate of drug-likeness (QED) is 0.882. The second-order valence-electron chi connectivity index (χ2n) is 4.56. The Labute approximate surface area is 108 Å². The minimum Gasteiger partial charge on any atom is -0.464 e. The molecule has 0 aliphatic carbocycles. The molecular formula is C15H21NO2. The van der Waals surface area contributed by atoms with Gasteiger partial charge in [-0.1, -0.05) is 32.0 Å². The highest BCUT2D eigenvalue weighted by Gasteiger charge is 2.21. The number of aliphatic hydroxyl groups is 1. The van der Waals surface area contributed by atoms with Crippen LogP contribution >= 0.6 is 0 Å². The molecule has 2 rings (SSSR count). The number of furan rings is 1. The monoisotopic (exact) mass is 247 g/mol. The lowest BCUT2D eigenvalue weighted by Gasteiger charge is -2.28. The van der Waals surface area contributed by atoms with Crippen LogP contribution in [-0.4, -0.2) is 29.7 Å². The molecule has 0 aliphatic heterocycles. The fourth-order valence-electron chi connectivity index (χ4n) is 2.55.